The average Bonchev–Trinajstić information content (AvgIpc) is 3.41. The fraction of sp³-hybridized carbons (Fsp3) is 0.333. The van der Waals surface area contributed by atoms with E-state index < -0.39 is 11.0 Å². The molecule has 0 radical (unpaired) electrons. The molecule has 3 heterocycles. The minimum atomic E-state index is -0.976. The lowest BCUT2D eigenvalue weighted by atomic mass is 9.49. The van der Waals surface area contributed by atoms with Gasteiger partial charge in [-0.1, -0.05) is 54.6 Å². The van der Waals surface area contributed by atoms with Gasteiger partial charge in [0.15, 0.2) is 17.6 Å². The standard InChI is InChI=1S/C30H28N2O3.ClH/c33-23-11-10-19-16-24-30(34)17-21-20-8-4-5-9-22(20)31-26(21)28-29(30,25(19)27(23)35-28)13-15-32(24)14-12-18-6-2-1-3-7-18;/h1-11,24,28,31,33-34H,12-17H2;1H/t24-,28-,29-,30+;/m0./s1. The van der Waals surface area contributed by atoms with Crippen molar-refractivity contribution < 1.29 is 14.9 Å². The van der Waals surface area contributed by atoms with Gasteiger partial charge in [0, 0.05) is 35.5 Å². The van der Waals surface area contributed by atoms with Gasteiger partial charge in [0.2, 0.25) is 0 Å². The minimum absolute atomic E-state index is 0. The monoisotopic (exact) mass is 500 g/mol. The van der Waals surface area contributed by atoms with Gasteiger partial charge < -0.3 is 19.9 Å². The lowest BCUT2D eigenvalue weighted by molar-refractivity contribution is -0.172. The van der Waals surface area contributed by atoms with E-state index in [1.807, 2.05) is 6.07 Å². The number of phenols is 1. The number of aromatic hydroxyl groups is 1. The van der Waals surface area contributed by atoms with Gasteiger partial charge in [-0.25, -0.2) is 0 Å². The Balaban J connectivity index is 0.00000220. The first-order valence-electron chi connectivity index (χ1n) is 12.7. The van der Waals surface area contributed by atoms with Crippen molar-refractivity contribution >= 4 is 23.3 Å². The molecule has 2 bridgehead atoms. The molecular formula is C30H29ClN2O3. The van der Waals surface area contributed by atoms with Crippen molar-refractivity contribution in [2.24, 2.45) is 0 Å². The highest BCUT2D eigenvalue weighted by Crippen LogP contribution is 2.68. The number of hydrogen-bond acceptors (Lipinski definition) is 4. The maximum atomic E-state index is 12.9. The Morgan fingerprint density at radius 3 is 2.69 bits per heavy atom. The SMILES string of the molecule is Cl.Oc1ccc2c3c1O[C@H]1c4[nH]c5ccccc5c4C[C@@]4(O)[C@H](C2)N(CCc2ccccc2)CC[C@]314. The Hall–Kier alpha value is -2.99. The number of H-pyrrole nitrogens is 1. The van der Waals surface area contributed by atoms with Crippen LogP contribution in [0.1, 0.15) is 40.5 Å². The van der Waals surface area contributed by atoms with Crippen molar-refractivity contribution in [1.82, 2.24) is 9.88 Å². The quantitative estimate of drug-likeness (QED) is 0.377. The molecule has 4 aliphatic rings. The zero-order valence-corrected chi connectivity index (χ0v) is 20.7. The van der Waals surface area contributed by atoms with Crippen molar-refractivity contribution in [2.75, 3.05) is 13.1 Å². The molecule has 6 heteroatoms. The summed E-state index contributed by atoms with van der Waals surface area (Å²) in [6.07, 6.45) is 2.80. The van der Waals surface area contributed by atoms with Gasteiger partial charge >= 0.3 is 0 Å². The van der Waals surface area contributed by atoms with E-state index in [-0.39, 0.29) is 30.3 Å². The van der Waals surface area contributed by atoms with E-state index in [1.165, 1.54) is 11.1 Å². The topological polar surface area (TPSA) is 68.7 Å². The summed E-state index contributed by atoms with van der Waals surface area (Å²) in [5.74, 6) is 0.756. The first kappa shape index (κ1) is 22.2. The zero-order chi connectivity index (χ0) is 23.4. The number of ether oxygens (including phenoxy) is 1. The lowest BCUT2D eigenvalue weighted by Gasteiger charge is -2.62. The Morgan fingerprint density at radius 2 is 1.83 bits per heavy atom. The molecule has 3 N–H and O–H groups in total. The molecule has 0 unspecified atom stereocenters. The summed E-state index contributed by atoms with van der Waals surface area (Å²) in [7, 11) is 0. The van der Waals surface area contributed by atoms with Gasteiger partial charge in [-0.3, -0.25) is 4.90 Å². The van der Waals surface area contributed by atoms with Crippen LogP contribution in [0, 0.1) is 0 Å². The molecule has 36 heavy (non-hydrogen) atoms. The minimum Gasteiger partial charge on any atom is -0.504 e. The number of halogens is 1. The van der Waals surface area contributed by atoms with Crippen LogP contribution >= 0.6 is 12.4 Å². The van der Waals surface area contributed by atoms with Crippen molar-refractivity contribution in [3.8, 4) is 11.5 Å². The first-order valence-corrected chi connectivity index (χ1v) is 12.7. The van der Waals surface area contributed by atoms with Crippen LogP contribution in [0.3, 0.4) is 0 Å². The maximum absolute atomic E-state index is 12.9. The van der Waals surface area contributed by atoms with Gasteiger partial charge in [-0.2, -0.15) is 0 Å². The summed E-state index contributed by atoms with van der Waals surface area (Å²) in [5.41, 5.74) is 5.36. The smallest absolute Gasteiger partial charge is 0.166 e. The Bertz CT molecular complexity index is 1500. The van der Waals surface area contributed by atoms with Crippen LogP contribution in [0.15, 0.2) is 66.7 Å². The molecule has 1 saturated heterocycles. The Kier molecular flexibility index (Phi) is 4.64. The average molecular weight is 501 g/mol. The number of para-hydroxylation sites is 1. The second kappa shape index (κ2) is 7.51. The Morgan fingerprint density at radius 1 is 1.03 bits per heavy atom. The van der Waals surface area contributed by atoms with Crippen molar-refractivity contribution in [3.63, 3.8) is 0 Å². The zero-order valence-electron chi connectivity index (χ0n) is 19.9. The number of rotatable bonds is 3. The van der Waals surface area contributed by atoms with E-state index in [4.69, 9.17) is 4.74 Å². The third-order valence-corrected chi connectivity index (χ3v) is 9.41. The van der Waals surface area contributed by atoms with Crippen LogP contribution in [0.5, 0.6) is 11.5 Å². The van der Waals surface area contributed by atoms with Crippen LogP contribution in [-0.4, -0.2) is 44.8 Å². The number of aromatic amines is 1. The number of hydrogen-bond donors (Lipinski definition) is 3. The van der Waals surface area contributed by atoms with E-state index in [1.54, 1.807) is 6.07 Å². The number of aromatic nitrogens is 1. The molecule has 3 aromatic carbocycles. The summed E-state index contributed by atoms with van der Waals surface area (Å²) in [6, 6.07) is 22.8. The van der Waals surface area contributed by atoms with Gasteiger partial charge in [0.05, 0.1) is 16.7 Å². The number of likely N-dealkylation sites (tertiary alicyclic amines) is 1. The van der Waals surface area contributed by atoms with Crippen LogP contribution < -0.4 is 4.74 Å². The number of nitrogens with zero attached hydrogens (tertiary/aromatic N) is 1. The predicted octanol–water partition coefficient (Wildman–Crippen LogP) is 4.83. The van der Waals surface area contributed by atoms with Gasteiger partial charge in [-0.15, -0.1) is 12.4 Å². The molecule has 184 valence electrons. The number of nitrogens with one attached hydrogen (secondary N) is 1. The van der Waals surface area contributed by atoms with E-state index in [0.717, 1.165) is 60.1 Å². The van der Waals surface area contributed by atoms with E-state index in [2.05, 4.69) is 64.5 Å². The molecule has 0 saturated carbocycles. The summed E-state index contributed by atoms with van der Waals surface area (Å²) in [5, 5.41) is 24.9. The predicted molar refractivity (Wildman–Crippen MR) is 141 cm³/mol. The van der Waals surface area contributed by atoms with Crippen LogP contribution in [0.2, 0.25) is 0 Å². The normalized spacial score (nSPS) is 29.2. The molecule has 0 amide bonds. The lowest BCUT2D eigenvalue weighted by Crippen LogP contribution is -2.74. The fourth-order valence-corrected chi connectivity index (χ4v) is 7.91. The van der Waals surface area contributed by atoms with E-state index in [9.17, 15) is 10.2 Å². The number of aliphatic hydroxyl groups is 1. The molecule has 1 fully saturated rings. The number of benzene rings is 3. The second-order valence-electron chi connectivity index (χ2n) is 10.8. The largest absolute Gasteiger partial charge is 0.504 e. The van der Waals surface area contributed by atoms with E-state index in [0.29, 0.717) is 12.2 Å². The highest BCUT2D eigenvalue weighted by Gasteiger charge is 2.72. The molecule has 1 aromatic heterocycles. The number of piperidine rings is 1. The van der Waals surface area contributed by atoms with Gasteiger partial charge in [0.1, 0.15) is 0 Å². The molecule has 8 rings (SSSR count). The fourth-order valence-electron chi connectivity index (χ4n) is 7.91. The van der Waals surface area contributed by atoms with Crippen LogP contribution in [0.25, 0.3) is 10.9 Å². The molecule has 4 atom stereocenters. The summed E-state index contributed by atoms with van der Waals surface area (Å²) >= 11 is 0. The van der Waals surface area contributed by atoms with Crippen molar-refractivity contribution in [2.45, 2.75) is 48.8 Å². The van der Waals surface area contributed by atoms with Gasteiger partial charge in [0.25, 0.3) is 0 Å². The van der Waals surface area contributed by atoms with E-state index >= 15 is 0 Å². The third-order valence-electron chi connectivity index (χ3n) is 9.41. The molecule has 2 aliphatic heterocycles. The molecular weight excluding hydrogens is 472 g/mol. The highest BCUT2D eigenvalue weighted by atomic mass is 35.5. The summed E-state index contributed by atoms with van der Waals surface area (Å²) in [4.78, 5) is 6.16. The second-order valence-corrected chi connectivity index (χ2v) is 10.8. The first-order chi connectivity index (χ1) is 17.1. The van der Waals surface area contributed by atoms with Crippen molar-refractivity contribution in [1.29, 1.82) is 0 Å². The Labute approximate surface area is 216 Å². The summed E-state index contributed by atoms with van der Waals surface area (Å²) < 4.78 is 6.64. The molecule has 5 nitrogen and oxygen atoms in total. The van der Waals surface area contributed by atoms with Gasteiger partial charge in [-0.05, 0) is 54.6 Å². The molecule has 2 aliphatic carbocycles. The number of fused-ring (bicyclic) bond motifs is 4. The maximum Gasteiger partial charge on any atom is 0.166 e. The van der Waals surface area contributed by atoms with Crippen LogP contribution in [-0.2, 0) is 24.7 Å². The van der Waals surface area contributed by atoms with Crippen LogP contribution in [0.4, 0.5) is 0 Å². The number of phenolic OH excluding ortho intramolecular Hbond substituents is 1. The third kappa shape index (κ3) is 2.58. The molecule has 1 spiro atoms. The highest BCUT2D eigenvalue weighted by molar-refractivity contribution is 5.86. The molecule has 4 aromatic rings. The van der Waals surface area contributed by atoms with Crippen molar-refractivity contribution in [3.05, 3.63) is 94.7 Å². The summed E-state index contributed by atoms with van der Waals surface area (Å²) in [6.45, 7) is 1.82.